The van der Waals surface area contributed by atoms with Crippen LogP contribution in [-0.4, -0.2) is 28.2 Å². The molecule has 0 saturated heterocycles. The molecular weight excluding hydrogens is 248 g/mol. The maximum Gasteiger partial charge on any atom is 0.335 e. The molecule has 98 valence electrons. The molecule has 0 fully saturated rings. The zero-order chi connectivity index (χ0) is 13.8. The smallest absolute Gasteiger partial charge is 0.335 e. The Labute approximate surface area is 109 Å². The Hall–Kier alpha value is -2.63. The van der Waals surface area contributed by atoms with Gasteiger partial charge in [0, 0.05) is 12.4 Å². The van der Waals surface area contributed by atoms with E-state index in [1.165, 1.54) is 25.3 Å². The molecule has 0 spiro atoms. The topological polar surface area (TPSA) is 81.5 Å². The molecule has 0 radical (unpaired) electrons. The minimum absolute atomic E-state index is 0.0999. The third-order valence-corrected chi connectivity index (χ3v) is 2.37. The van der Waals surface area contributed by atoms with Crippen LogP contribution in [0.5, 0.6) is 17.5 Å². The van der Waals surface area contributed by atoms with Crippen molar-refractivity contribution in [3.63, 3.8) is 0 Å². The number of aromatic nitrogens is 2. The van der Waals surface area contributed by atoms with E-state index in [0.717, 1.165) is 5.56 Å². The van der Waals surface area contributed by atoms with Crippen LogP contribution in [0.4, 0.5) is 0 Å². The highest BCUT2D eigenvalue weighted by atomic mass is 16.5. The number of hydrogen-bond acceptors (Lipinski definition) is 5. The fraction of sp³-hybridized carbons (Fsp3) is 0.154. The van der Waals surface area contributed by atoms with Gasteiger partial charge in [-0.3, -0.25) is 0 Å². The summed E-state index contributed by atoms with van der Waals surface area (Å²) < 4.78 is 10.5. The first-order valence-corrected chi connectivity index (χ1v) is 5.48. The van der Waals surface area contributed by atoms with Gasteiger partial charge in [-0.05, 0) is 30.7 Å². The van der Waals surface area contributed by atoms with E-state index in [1.54, 1.807) is 12.4 Å². The van der Waals surface area contributed by atoms with Gasteiger partial charge in [0.1, 0.15) is 0 Å². The number of benzene rings is 1. The maximum atomic E-state index is 10.9. The summed E-state index contributed by atoms with van der Waals surface area (Å²) in [4.78, 5) is 18.9. The average Bonchev–Trinajstić information content (AvgIpc) is 2.41. The first-order valence-electron chi connectivity index (χ1n) is 5.48. The monoisotopic (exact) mass is 260 g/mol. The standard InChI is InChI=1S/C13H12N2O4/c1-8-6-14-13(15-7-8)19-11-5-9(12(16)17)3-4-10(11)18-2/h3-7H,1-2H3,(H,16,17). The lowest BCUT2D eigenvalue weighted by atomic mass is 10.2. The molecular formula is C13H12N2O4. The molecule has 0 bridgehead atoms. The highest BCUT2D eigenvalue weighted by molar-refractivity contribution is 5.88. The van der Waals surface area contributed by atoms with E-state index in [-0.39, 0.29) is 17.3 Å². The SMILES string of the molecule is COc1ccc(C(=O)O)cc1Oc1ncc(C)cn1. The number of nitrogens with zero attached hydrogens (tertiary/aromatic N) is 2. The van der Waals surface area contributed by atoms with Crippen LogP contribution in [0.25, 0.3) is 0 Å². The summed E-state index contributed by atoms with van der Waals surface area (Å²) in [7, 11) is 1.47. The molecule has 0 amide bonds. The summed E-state index contributed by atoms with van der Waals surface area (Å²) in [5.74, 6) is -0.377. The third kappa shape index (κ3) is 2.98. The molecule has 6 heteroatoms. The molecule has 0 atom stereocenters. The first kappa shape index (κ1) is 12.8. The molecule has 2 aromatic rings. The quantitative estimate of drug-likeness (QED) is 0.908. The first-order chi connectivity index (χ1) is 9.10. The largest absolute Gasteiger partial charge is 0.493 e. The Bertz CT molecular complexity index is 596. The minimum Gasteiger partial charge on any atom is -0.493 e. The molecule has 0 aliphatic rings. The number of rotatable bonds is 4. The Morgan fingerprint density at radius 1 is 1.21 bits per heavy atom. The molecule has 19 heavy (non-hydrogen) atoms. The van der Waals surface area contributed by atoms with Gasteiger partial charge in [-0.25, -0.2) is 14.8 Å². The van der Waals surface area contributed by atoms with Crippen LogP contribution in [0, 0.1) is 6.92 Å². The van der Waals surface area contributed by atoms with E-state index in [1.807, 2.05) is 6.92 Å². The highest BCUT2D eigenvalue weighted by Crippen LogP contribution is 2.30. The van der Waals surface area contributed by atoms with E-state index in [0.29, 0.717) is 5.75 Å². The maximum absolute atomic E-state index is 10.9. The third-order valence-electron chi connectivity index (χ3n) is 2.37. The van der Waals surface area contributed by atoms with Gasteiger partial charge in [0.05, 0.1) is 12.7 Å². The molecule has 6 nitrogen and oxygen atoms in total. The van der Waals surface area contributed by atoms with Gasteiger partial charge in [-0.2, -0.15) is 0 Å². The van der Waals surface area contributed by atoms with Crippen molar-refractivity contribution in [2.45, 2.75) is 6.92 Å². The van der Waals surface area contributed by atoms with E-state index in [9.17, 15) is 4.79 Å². The Morgan fingerprint density at radius 2 is 1.89 bits per heavy atom. The van der Waals surface area contributed by atoms with Gasteiger partial charge in [0.25, 0.3) is 0 Å². The number of methoxy groups -OCH3 is 1. The van der Waals surface area contributed by atoms with Crippen LogP contribution in [0.2, 0.25) is 0 Å². The lowest BCUT2D eigenvalue weighted by Gasteiger charge is -2.09. The summed E-state index contributed by atoms with van der Waals surface area (Å²) in [6.45, 7) is 1.86. The summed E-state index contributed by atoms with van der Waals surface area (Å²) in [5.41, 5.74) is 1.00. The van der Waals surface area contributed by atoms with Crippen molar-refractivity contribution in [3.05, 3.63) is 41.7 Å². The van der Waals surface area contributed by atoms with Gasteiger partial charge < -0.3 is 14.6 Å². The molecule has 1 aromatic carbocycles. The summed E-state index contributed by atoms with van der Waals surface area (Å²) in [6.07, 6.45) is 3.21. The van der Waals surface area contributed by atoms with Crippen molar-refractivity contribution in [2.75, 3.05) is 7.11 Å². The lowest BCUT2D eigenvalue weighted by molar-refractivity contribution is 0.0696. The summed E-state index contributed by atoms with van der Waals surface area (Å²) in [6, 6.07) is 4.45. The van der Waals surface area contributed by atoms with Gasteiger partial charge in [0.2, 0.25) is 0 Å². The Kier molecular flexibility index (Phi) is 3.61. The number of aromatic carboxylic acids is 1. The number of hydrogen-bond donors (Lipinski definition) is 1. The van der Waals surface area contributed by atoms with Gasteiger partial charge in [-0.15, -0.1) is 0 Å². The number of carboxylic acids is 1. The molecule has 0 aliphatic carbocycles. The molecule has 0 unspecified atom stereocenters. The van der Waals surface area contributed by atoms with Gasteiger partial charge in [-0.1, -0.05) is 0 Å². The number of carboxylic acid groups (broad SMARTS) is 1. The van der Waals surface area contributed by atoms with E-state index in [4.69, 9.17) is 14.6 Å². The zero-order valence-corrected chi connectivity index (χ0v) is 10.5. The van der Waals surface area contributed by atoms with Crippen LogP contribution < -0.4 is 9.47 Å². The molecule has 1 N–H and O–H groups in total. The average molecular weight is 260 g/mol. The van der Waals surface area contributed by atoms with Crippen LogP contribution in [0.1, 0.15) is 15.9 Å². The summed E-state index contributed by atoms with van der Waals surface area (Å²) >= 11 is 0. The van der Waals surface area contributed by atoms with E-state index < -0.39 is 5.97 Å². The fourth-order valence-corrected chi connectivity index (χ4v) is 1.42. The van der Waals surface area contributed by atoms with Crippen LogP contribution in [0.3, 0.4) is 0 Å². The van der Waals surface area contributed by atoms with Crippen molar-refractivity contribution in [1.29, 1.82) is 0 Å². The van der Waals surface area contributed by atoms with Crippen molar-refractivity contribution in [1.82, 2.24) is 9.97 Å². The van der Waals surface area contributed by atoms with Crippen LogP contribution in [-0.2, 0) is 0 Å². The molecule has 1 heterocycles. The number of carbonyl (C=O) groups is 1. The van der Waals surface area contributed by atoms with Gasteiger partial charge in [0.15, 0.2) is 11.5 Å². The van der Waals surface area contributed by atoms with Gasteiger partial charge >= 0.3 is 12.0 Å². The minimum atomic E-state index is -1.04. The van der Waals surface area contributed by atoms with Crippen molar-refractivity contribution in [2.24, 2.45) is 0 Å². The normalized spacial score (nSPS) is 10.0. The second-order valence-corrected chi connectivity index (χ2v) is 3.82. The molecule has 2 rings (SSSR count). The zero-order valence-electron chi connectivity index (χ0n) is 10.5. The second-order valence-electron chi connectivity index (χ2n) is 3.82. The lowest BCUT2D eigenvalue weighted by Crippen LogP contribution is -1.99. The Balaban J connectivity index is 2.34. The van der Waals surface area contributed by atoms with Crippen molar-refractivity contribution < 1.29 is 19.4 Å². The molecule has 1 aromatic heterocycles. The highest BCUT2D eigenvalue weighted by Gasteiger charge is 2.11. The second kappa shape index (κ2) is 5.34. The Morgan fingerprint density at radius 3 is 2.47 bits per heavy atom. The predicted molar refractivity (Wildman–Crippen MR) is 66.8 cm³/mol. The number of ether oxygens (including phenoxy) is 2. The van der Waals surface area contributed by atoms with Crippen LogP contribution >= 0.6 is 0 Å². The van der Waals surface area contributed by atoms with Crippen molar-refractivity contribution in [3.8, 4) is 17.5 Å². The molecule has 0 aliphatic heterocycles. The fourth-order valence-electron chi connectivity index (χ4n) is 1.42. The van der Waals surface area contributed by atoms with E-state index in [2.05, 4.69) is 9.97 Å². The number of aryl methyl sites for hydroxylation is 1. The van der Waals surface area contributed by atoms with Crippen LogP contribution in [0.15, 0.2) is 30.6 Å². The summed E-state index contributed by atoms with van der Waals surface area (Å²) in [5, 5.41) is 8.95. The molecule has 0 saturated carbocycles. The predicted octanol–water partition coefficient (Wildman–Crippen LogP) is 2.28. The van der Waals surface area contributed by atoms with E-state index >= 15 is 0 Å². The van der Waals surface area contributed by atoms with Crippen molar-refractivity contribution >= 4 is 5.97 Å².